The molecule has 0 saturated carbocycles. The highest BCUT2D eigenvalue weighted by molar-refractivity contribution is 7.93. The van der Waals surface area contributed by atoms with Gasteiger partial charge in [0.1, 0.15) is 12.5 Å². The summed E-state index contributed by atoms with van der Waals surface area (Å²) >= 11 is 0. The molecule has 1 fully saturated rings. The number of fused-ring (bicyclic) bond motifs is 1. The lowest BCUT2D eigenvalue weighted by Crippen LogP contribution is -2.44. The van der Waals surface area contributed by atoms with Crippen LogP contribution in [0.5, 0.6) is 0 Å². The van der Waals surface area contributed by atoms with Gasteiger partial charge in [-0.3, -0.25) is 4.72 Å². The van der Waals surface area contributed by atoms with Gasteiger partial charge < -0.3 is 24.5 Å². The summed E-state index contributed by atoms with van der Waals surface area (Å²) in [4.78, 5) is 6.03. The van der Waals surface area contributed by atoms with Gasteiger partial charge in [0.05, 0.1) is 31.1 Å². The average Bonchev–Trinajstić information content (AvgIpc) is 3.31. The molecular weight excluding hydrogens is 444 g/mol. The van der Waals surface area contributed by atoms with E-state index in [-0.39, 0.29) is 12.7 Å². The molecule has 3 aromatic rings. The molecule has 2 aliphatic heterocycles. The van der Waals surface area contributed by atoms with Crippen LogP contribution in [-0.4, -0.2) is 39.5 Å². The monoisotopic (exact) mass is 468 g/mol. The van der Waals surface area contributed by atoms with E-state index in [2.05, 4.69) is 9.71 Å². The van der Waals surface area contributed by atoms with Gasteiger partial charge in [0.15, 0.2) is 0 Å². The van der Waals surface area contributed by atoms with Gasteiger partial charge in [-0.25, -0.2) is 13.4 Å². The number of rotatable bonds is 6. The van der Waals surface area contributed by atoms with Crippen molar-refractivity contribution in [2.45, 2.75) is 24.1 Å². The predicted molar refractivity (Wildman–Crippen MR) is 125 cm³/mol. The summed E-state index contributed by atoms with van der Waals surface area (Å²) < 4.78 is 45.1. The first-order chi connectivity index (χ1) is 16.0. The van der Waals surface area contributed by atoms with Crippen molar-refractivity contribution in [3.8, 4) is 0 Å². The SMILES string of the molecule is NC1c2ccoc2N=CN1c1ccc(NS(=O)(=O)C2COCC(Cc3ccccc3)O2)cc1. The first-order valence-corrected chi connectivity index (χ1v) is 12.1. The molecule has 1 aromatic heterocycles. The van der Waals surface area contributed by atoms with Crippen LogP contribution in [0.2, 0.25) is 0 Å². The maximum absolute atomic E-state index is 12.9. The number of hydrogen-bond acceptors (Lipinski definition) is 8. The van der Waals surface area contributed by atoms with Gasteiger partial charge in [-0.15, -0.1) is 0 Å². The van der Waals surface area contributed by atoms with Gasteiger partial charge in [-0.2, -0.15) is 0 Å². The summed E-state index contributed by atoms with van der Waals surface area (Å²) in [5.41, 5.74) is 8.23. The van der Waals surface area contributed by atoms with Crippen molar-refractivity contribution in [1.29, 1.82) is 0 Å². The smallest absolute Gasteiger partial charge is 0.262 e. The van der Waals surface area contributed by atoms with Crippen LogP contribution in [0.25, 0.3) is 0 Å². The Morgan fingerprint density at radius 2 is 1.85 bits per heavy atom. The highest BCUT2D eigenvalue weighted by atomic mass is 32.2. The molecule has 0 aliphatic carbocycles. The largest absolute Gasteiger partial charge is 0.446 e. The highest BCUT2D eigenvalue weighted by Gasteiger charge is 2.33. The first kappa shape index (κ1) is 21.7. The fourth-order valence-electron chi connectivity index (χ4n) is 3.87. The number of furan rings is 1. The number of ether oxygens (including phenoxy) is 2. The zero-order chi connectivity index (χ0) is 22.8. The van der Waals surface area contributed by atoms with Crippen LogP contribution in [0.15, 0.2) is 76.3 Å². The molecule has 3 atom stereocenters. The Kier molecular flexibility index (Phi) is 5.90. The minimum atomic E-state index is -3.82. The van der Waals surface area contributed by atoms with Gasteiger partial charge in [-0.05, 0) is 35.9 Å². The molecule has 3 N–H and O–H groups in total. The molecule has 9 nitrogen and oxygen atoms in total. The van der Waals surface area contributed by atoms with Crippen molar-refractivity contribution < 1.29 is 22.3 Å². The Morgan fingerprint density at radius 3 is 2.64 bits per heavy atom. The molecule has 5 rings (SSSR count). The quantitative estimate of drug-likeness (QED) is 0.570. The molecule has 172 valence electrons. The number of nitrogens with zero attached hydrogens (tertiary/aromatic N) is 2. The number of nitrogens with two attached hydrogens (primary N) is 1. The summed E-state index contributed by atoms with van der Waals surface area (Å²) in [5.74, 6) is 0.489. The third kappa shape index (κ3) is 4.64. The second kappa shape index (κ2) is 8.99. The molecule has 0 radical (unpaired) electrons. The molecular formula is C23H24N4O5S. The lowest BCUT2D eigenvalue weighted by Gasteiger charge is -2.30. The van der Waals surface area contributed by atoms with Crippen molar-refractivity contribution in [2.24, 2.45) is 10.7 Å². The molecule has 3 heterocycles. The summed E-state index contributed by atoms with van der Waals surface area (Å²) in [7, 11) is -3.82. The number of benzene rings is 2. The van der Waals surface area contributed by atoms with Gasteiger partial charge in [0.2, 0.25) is 11.3 Å². The molecule has 0 bridgehead atoms. The van der Waals surface area contributed by atoms with E-state index in [1.807, 2.05) is 30.3 Å². The summed E-state index contributed by atoms with van der Waals surface area (Å²) in [5, 5.41) is 0. The van der Waals surface area contributed by atoms with E-state index in [0.717, 1.165) is 16.8 Å². The maximum atomic E-state index is 12.9. The Balaban J connectivity index is 1.24. The molecule has 0 spiro atoms. The second-order valence-electron chi connectivity index (χ2n) is 7.89. The molecule has 1 saturated heterocycles. The van der Waals surface area contributed by atoms with E-state index in [9.17, 15) is 8.42 Å². The van der Waals surface area contributed by atoms with Crippen molar-refractivity contribution in [2.75, 3.05) is 22.8 Å². The first-order valence-electron chi connectivity index (χ1n) is 10.5. The number of hydrogen-bond donors (Lipinski definition) is 2. The van der Waals surface area contributed by atoms with Crippen LogP contribution in [0.1, 0.15) is 17.3 Å². The van der Waals surface area contributed by atoms with Crippen molar-refractivity contribution in [3.63, 3.8) is 0 Å². The summed E-state index contributed by atoms with van der Waals surface area (Å²) in [6.07, 6.45) is 2.93. The number of anilines is 2. The predicted octanol–water partition coefficient (Wildman–Crippen LogP) is 3.14. The average molecular weight is 469 g/mol. The normalized spacial score (nSPS) is 22.7. The third-order valence-corrected chi connectivity index (χ3v) is 7.03. The van der Waals surface area contributed by atoms with E-state index in [1.54, 1.807) is 47.8 Å². The van der Waals surface area contributed by atoms with Crippen LogP contribution in [0.3, 0.4) is 0 Å². The minimum absolute atomic E-state index is 0.0230. The lowest BCUT2D eigenvalue weighted by molar-refractivity contribution is -0.105. The van der Waals surface area contributed by atoms with E-state index < -0.39 is 21.6 Å². The molecule has 2 aromatic carbocycles. The van der Waals surface area contributed by atoms with Crippen molar-refractivity contribution in [3.05, 3.63) is 78.1 Å². The lowest BCUT2D eigenvalue weighted by atomic mass is 10.1. The molecule has 0 amide bonds. The zero-order valence-corrected chi connectivity index (χ0v) is 18.5. The van der Waals surface area contributed by atoms with Crippen LogP contribution in [0, 0.1) is 0 Å². The summed E-state index contributed by atoms with van der Waals surface area (Å²) in [6.45, 7) is 0.330. The van der Waals surface area contributed by atoms with Crippen LogP contribution in [-0.2, 0) is 25.9 Å². The number of nitrogens with one attached hydrogen (secondary N) is 1. The Bertz CT molecular complexity index is 1230. The standard InChI is InChI=1S/C23H24N4O5S/c24-22-20-10-11-31-23(20)25-15-27(22)18-8-6-17(7-9-18)26-33(28,29)21-14-30-13-19(32-21)12-16-4-2-1-3-5-16/h1-11,15,19,21-22,26H,12-14,24H2. The fraction of sp³-hybridized carbons (Fsp3) is 0.261. The van der Waals surface area contributed by atoms with Gasteiger partial charge in [0, 0.05) is 17.8 Å². The second-order valence-corrected chi connectivity index (χ2v) is 9.71. The fourth-order valence-corrected chi connectivity index (χ4v) is 5.05. The van der Waals surface area contributed by atoms with Crippen molar-refractivity contribution >= 4 is 33.6 Å². The van der Waals surface area contributed by atoms with E-state index in [0.29, 0.717) is 24.6 Å². The minimum Gasteiger partial charge on any atom is -0.446 e. The number of sulfonamides is 1. The van der Waals surface area contributed by atoms with Crippen molar-refractivity contribution in [1.82, 2.24) is 0 Å². The van der Waals surface area contributed by atoms with Gasteiger partial charge >= 0.3 is 0 Å². The summed E-state index contributed by atoms with van der Waals surface area (Å²) in [6, 6.07) is 18.4. The topological polar surface area (TPSA) is 119 Å². The molecule has 33 heavy (non-hydrogen) atoms. The Morgan fingerprint density at radius 1 is 1.06 bits per heavy atom. The Labute approximate surface area is 191 Å². The molecule has 3 unspecified atom stereocenters. The molecule has 2 aliphatic rings. The van der Waals surface area contributed by atoms with E-state index >= 15 is 0 Å². The van der Waals surface area contributed by atoms with Gasteiger partial charge in [-0.1, -0.05) is 30.3 Å². The Hall–Kier alpha value is -3.18. The number of aliphatic imine (C=N–C) groups is 1. The maximum Gasteiger partial charge on any atom is 0.262 e. The van der Waals surface area contributed by atoms with Crippen LogP contribution >= 0.6 is 0 Å². The van der Waals surface area contributed by atoms with E-state index in [1.165, 1.54) is 0 Å². The van der Waals surface area contributed by atoms with E-state index in [4.69, 9.17) is 19.6 Å². The molecule has 10 heteroatoms. The highest BCUT2D eigenvalue weighted by Crippen LogP contribution is 2.34. The third-order valence-electron chi connectivity index (χ3n) is 5.57. The van der Waals surface area contributed by atoms with Gasteiger partial charge in [0.25, 0.3) is 10.0 Å². The van der Waals surface area contributed by atoms with Crippen LogP contribution in [0.4, 0.5) is 17.3 Å². The zero-order valence-electron chi connectivity index (χ0n) is 17.7. The van der Waals surface area contributed by atoms with Crippen LogP contribution < -0.4 is 15.4 Å².